The van der Waals surface area contributed by atoms with Crippen molar-refractivity contribution in [2.45, 2.75) is 32.9 Å². The van der Waals surface area contributed by atoms with Crippen molar-refractivity contribution in [1.82, 2.24) is 35.4 Å². The predicted molar refractivity (Wildman–Crippen MR) is 132 cm³/mol. The van der Waals surface area contributed by atoms with Gasteiger partial charge >= 0.3 is 0 Å². The number of H-pyrrole nitrogens is 1. The zero-order valence-electron chi connectivity index (χ0n) is 19.2. The molecule has 5 aromatic rings. The van der Waals surface area contributed by atoms with Gasteiger partial charge in [0, 0.05) is 23.6 Å². The molecule has 0 bridgehead atoms. The highest BCUT2D eigenvalue weighted by molar-refractivity contribution is 5.80. The van der Waals surface area contributed by atoms with E-state index in [0.717, 1.165) is 51.5 Å². The van der Waals surface area contributed by atoms with E-state index in [-0.39, 0.29) is 6.04 Å². The SMILES string of the molecule is CCc1nc(-c2ccc(C(C)N)cc2)n(Cc2ccc(-c3ccccc3-c3nnn[nH]3)cc2)n1. The second kappa shape index (κ2) is 9.36. The van der Waals surface area contributed by atoms with Crippen LogP contribution >= 0.6 is 0 Å². The third-order valence-electron chi connectivity index (χ3n) is 5.85. The number of aromatic amines is 1. The number of nitrogens with one attached hydrogen (secondary N) is 1. The van der Waals surface area contributed by atoms with Crippen LogP contribution in [0.5, 0.6) is 0 Å². The molecule has 5 rings (SSSR count). The zero-order chi connectivity index (χ0) is 23.5. The highest BCUT2D eigenvalue weighted by Crippen LogP contribution is 2.30. The van der Waals surface area contributed by atoms with Crippen LogP contribution in [0.4, 0.5) is 0 Å². The smallest absolute Gasteiger partial charge is 0.180 e. The van der Waals surface area contributed by atoms with Crippen LogP contribution in [0.3, 0.4) is 0 Å². The molecule has 8 heteroatoms. The Morgan fingerprint density at radius 1 is 0.912 bits per heavy atom. The van der Waals surface area contributed by atoms with Crippen molar-refractivity contribution in [3.63, 3.8) is 0 Å². The molecular weight excluding hydrogens is 424 g/mol. The topological polar surface area (TPSA) is 111 Å². The number of aryl methyl sites for hydroxylation is 1. The number of tetrazole rings is 1. The van der Waals surface area contributed by atoms with Gasteiger partial charge in [0.2, 0.25) is 0 Å². The van der Waals surface area contributed by atoms with E-state index >= 15 is 0 Å². The van der Waals surface area contributed by atoms with Crippen molar-refractivity contribution in [1.29, 1.82) is 0 Å². The molecule has 0 radical (unpaired) electrons. The summed E-state index contributed by atoms with van der Waals surface area (Å²) in [5.41, 5.74) is 12.4. The lowest BCUT2D eigenvalue weighted by Crippen LogP contribution is -2.06. The standard InChI is InChI=1S/C26H26N8/c1-3-24-28-26(21-14-12-19(13-15-21)17(2)27)34(31-24)16-18-8-10-20(11-9-18)22-6-4-5-7-23(22)25-29-32-33-30-25/h4-15,17H,3,16,27H2,1-2H3,(H,29,30,32,33). The molecule has 0 spiro atoms. The van der Waals surface area contributed by atoms with Crippen LogP contribution in [0.2, 0.25) is 0 Å². The molecule has 170 valence electrons. The minimum absolute atomic E-state index is 0.00192. The molecule has 34 heavy (non-hydrogen) atoms. The summed E-state index contributed by atoms with van der Waals surface area (Å²) in [5, 5.41) is 19.1. The van der Waals surface area contributed by atoms with Crippen molar-refractivity contribution >= 4 is 0 Å². The molecule has 3 N–H and O–H groups in total. The Hall–Kier alpha value is -4.17. The van der Waals surface area contributed by atoms with Crippen molar-refractivity contribution in [3.05, 3.63) is 89.7 Å². The fourth-order valence-corrected chi connectivity index (χ4v) is 3.98. The van der Waals surface area contributed by atoms with Gasteiger partial charge < -0.3 is 5.73 Å². The summed E-state index contributed by atoms with van der Waals surface area (Å²) in [5.74, 6) is 2.34. The molecule has 1 unspecified atom stereocenters. The molecule has 3 aromatic carbocycles. The van der Waals surface area contributed by atoms with E-state index in [2.05, 4.69) is 82.1 Å². The number of aromatic nitrogens is 7. The van der Waals surface area contributed by atoms with Gasteiger partial charge in [-0.1, -0.05) is 79.7 Å². The maximum atomic E-state index is 6.01. The Balaban J connectivity index is 1.43. The van der Waals surface area contributed by atoms with Gasteiger partial charge in [0.05, 0.1) is 6.54 Å². The second-order valence-corrected chi connectivity index (χ2v) is 8.27. The minimum atomic E-state index is 0.00192. The van der Waals surface area contributed by atoms with E-state index in [1.54, 1.807) is 0 Å². The van der Waals surface area contributed by atoms with Gasteiger partial charge in [-0.25, -0.2) is 14.8 Å². The number of rotatable bonds is 7. The first kappa shape index (κ1) is 21.7. The molecule has 0 saturated carbocycles. The summed E-state index contributed by atoms with van der Waals surface area (Å²) in [6, 6.07) is 24.8. The van der Waals surface area contributed by atoms with E-state index in [1.165, 1.54) is 0 Å². The number of nitrogens with two attached hydrogens (primary N) is 1. The second-order valence-electron chi connectivity index (χ2n) is 8.27. The van der Waals surface area contributed by atoms with Gasteiger partial charge in [-0.2, -0.15) is 5.10 Å². The highest BCUT2D eigenvalue weighted by Gasteiger charge is 2.14. The lowest BCUT2D eigenvalue weighted by Gasteiger charge is -2.10. The summed E-state index contributed by atoms with van der Waals surface area (Å²) in [6.07, 6.45) is 0.782. The van der Waals surface area contributed by atoms with E-state index in [9.17, 15) is 0 Å². The molecule has 8 nitrogen and oxygen atoms in total. The van der Waals surface area contributed by atoms with E-state index in [1.807, 2.05) is 29.8 Å². The van der Waals surface area contributed by atoms with Gasteiger partial charge in [-0.05, 0) is 39.6 Å². The summed E-state index contributed by atoms with van der Waals surface area (Å²) in [7, 11) is 0. The Bertz CT molecular complexity index is 1370. The molecule has 2 heterocycles. The Morgan fingerprint density at radius 2 is 1.62 bits per heavy atom. The van der Waals surface area contributed by atoms with Crippen LogP contribution in [-0.4, -0.2) is 35.4 Å². The van der Waals surface area contributed by atoms with Crippen LogP contribution in [0.1, 0.15) is 36.8 Å². The normalized spacial score (nSPS) is 12.1. The molecule has 0 aliphatic rings. The van der Waals surface area contributed by atoms with Gasteiger partial charge in [0.25, 0.3) is 0 Å². The highest BCUT2D eigenvalue weighted by atomic mass is 15.5. The Kier molecular flexibility index (Phi) is 5.97. The van der Waals surface area contributed by atoms with Crippen LogP contribution < -0.4 is 5.73 Å². The average molecular weight is 451 g/mol. The molecule has 0 saturated heterocycles. The summed E-state index contributed by atoms with van der Waals surface area (Å²) in [4.78, 5) is 4.77. The number of nitrogens with zero attached hydrogens (tertiary/aromatic N) is 6. The average Bonchev–Trinajstić information content (AvgIpc) is 3.55. The minimum Gasteiger partial charge on any atom is -0.324 e. The molecule has 2 aromatic heterocycles. The first-order valence-corrected chi connectivity index (χ1v) is 11.3. The largest absolute Gasteiger partial charge is 0.324 e. The van der Waals surface area contributed by atoms with Gasteiger partial charge in [-0.3, -0.25) is 0 Å². The third-order valence-corrected chi connectivity index (χ3v) is 5.85. The van der Waals surface area contributed by atoms with Crippen LogP contribution in [0.15, 0.2) is 72.8 Å². The van der Waals surface area contributed by atoms with E-state index < -0.39 is 0 Å². The summed E-state index contributed by atoms with van der Waals surface area (Å²) < 4.78 is 1.98. The van der Waals surface area contributed by atoms with Crippen LogP contribution in [0, 0.1) is 0 Å². The van der Waals surface area contributed by atoms with Crippen LogP contribution in [0.25, 0.3) is 33.9 Å². The Labute approximate surface area is 197 Å². The quantitative estimate of drug-likeness (QED) is 0.380. The maximum Gasteiger partial charge on any atom is 0.180 e. The first-order chi connectivity index (χ1) is 16.6. The fraction of sp³-hybridized carbons (Fsp3) is 0.192. The lowest BCUT2D eigenvalue weighted by atomic mass is 9.98. The number of benzene rings is 3. The van der Waals surface area contributed by atoms with Crippen LogP contribution in [-0.2, 0) is 13.0 Å². The maximum absolute atomic E-state index is 6.01. The number of hydrogen-bond donors (Lipinski definition) is 2. The summed E-state index contributed by atoms with van der Waals surface area (Å²) in [6.45, 7) is 4.68. The van der Waals surface area contributed by atoms with E-state index in [4.69, 9.17) is 15.8 Å². The zero-order valence-corrected chi connectivity index (χ0v) is 19.2. The fourth-order valence-electron chi connectivity index (χ4n) is 3.98. The first-order valence-electron chi connectivity index (χ1n) is 11.3. The molecule has 0 aliphatic carbocycles. The van der Waals surface area contributed by atoms with Gasteiger partial charge in [0.15, 0.2) is 17.5 Å². The summed E-state index contributed by atoms with van der Waals surface area (Å²) >= 11 is 0. The van der Waals surface area contributed by atoms with E-state index in [0.29, 0.717) is 12.4 Å². The van der Waals surface area contributed by atoms with Crippen molar-refractivity contribution < 1.29 is 0 Å². The van der Waals surface area contributed by atoms with Crippen molar-refractivity contribution in [2.24, 2.45) is 5.73 Å². The lowest BCUT2D eigenvalue weighted by molar-refractivity contribution is 0.680. The van der Waals surface area contributed by atoms with Crippen molar-refractivity contribution in [2.75, 3.05) is 0 Å². The molecule has 0 aliphatic heterocycles. The van der Waals surface area contributed by atoms with Gasteiger partial charge in [-0.15, -0.1) is 5.10 Å². The third kappa shape index (κ3) is 4.35. The monoisotopic (exact) mass is 450 g/mol. The molecule has 0 fully saturated rings. The predicted octanol–water partition coefficient (Wildman–Crippen LogP) is 4.42. The Morgan fingerprint density at radius 3 is 2.26 bits per heavy atom. The molecular formula is C26H26N8. The van der Waals surface area contributed by atoms with Gasteiger partial charge in [0.1, 0.15) is 0 Å². The van der Waals surface area contributed by atoms with Crippen molar-refractivity contribution in [3.8, 4) is 33.9 Å². The molecule has 0 amide bonds. The molecule has 1 atom stereocenters. The number of hydrogen-bond acceptors (Lipinski definition) is 6.